The Morgan fingerprint density at radius 2 is 2.06 bits per heavy atom. The van der Waals surface area contributed by atoms with Gasteiger partial charge in [0.1, 0.15) is 18.0 Å². The number of nitrogens with two attached hydrogens (primary N) is 1. The molecule has 0 aliphatic carbocycles. The van der Waals surface area contributed by atoms with Crippen LogP contribution in [0.25, 0.3) is 16.9 Å². The second-order valence-corrected chi connectivity index (χ2v) is 3.81. The molecule has 6 heteroatoms. The second-order valence-electron chi connectivity index (χ2n) is 3.81. The zero-order valence-corrected chi connectivity index (χ0v) is 9.83. The van der Waals surface area contributed by atoms with Gasteiger partial charge in [0.15, 0.2) is 0 Å². The number of benzene rings is 1. The fourth-order valence-electron chi connectivity index (χ4n) is 1.89. The van der Waals surface area contributed by atoms with Crippen LogP contribution in [0.15, 0.2) is 36.7 Å². The van der Waals surface area contributed by atoms with Crippen LogP contribution in [0.5, 0.6) is 0 Å². The predicted octanol–water partition coefficient (Wildman–Crippen LogP) is 1.44. The molecule has 18 heavy (non-hydrogen) atoms. The normalized spacial score (nSPS) is 10.7. The van der Waals surface area contributed by atoms with Crippen molar-refractivity contribution in [3.8, 4) is 5.82 Å². The van der Waals surface area contributed by atoms with Crippen molar-refractivity contribution in [2.24, 2.45) is 0 Å². The molecule has 0 saturated carbocycles. The molecule has 0 unspecified atom stereocenters. The summed E-state index contributed by atoms with van der Waals surface area (Å²) >= 11 is 0. The van der Waals surface area contributed by atoms with Gasteiger partial charge < -0.3 is 11.1 Å². The van der Waals surface area contributed by atoms with Gasteiger partial charge in [0.2, 0.25) is 5.95 Å². The third kappa shape index (κ3) is 1.55. The highest BCUT2D eigenvalue weighted by molar-refractivity contribution is 5.80. The van der Waals surface area contributed by atoms with Crippen LogP contribution in [-0.4, -0.2) is 26.6 Å². The molecule has 0 saturated heterocycles. The average Bonchev–Trinajstić information content (AvgIpc) is 2.74. The summed E-state index contributed by atoms with van der Waals surface area (Å²) in [7, 11) is 1.81. The van der Waals surface area contributed by atoms with Crippen molar-refractivity contribution in [3.63, 3.8) is 0 Å². The lowest BCUT2D eigenvalue weighted by Gasteiger charge is -2.06. The molecule has 3 aromatic rings. The molecule has 0 atom stereocenters. The molecule has 0 spiro atoms. The Kier molecular flexibility index (Phi) is 2.33. The summed E-state index contributed by atoms with van der Waals surface area (Å²) < 4.78 is 1.80. The van der Waals surface area contributed by atoms with E-state index in [2.05, 4.69) is 20.3 Å². The van der Waals surface area contributed by atoms with E-state index in [1.165, 1.54) is 6.33 Å². The van der Waals surface area contributed by atoms with Crippen LogP contribution in [0, 0.1) is 0 Å². The van der Waals surface area contributed by atoms with Gasteiger partial charge in [-0.15, -0.1) is 0 Å². The van der Waals surface area contributed by atoms with Gasteiger partial charge in [0.05, 0.1) is 11.0 Å². The highest BCUT2D eigenvalue weighted by Crippen LogP contribution is 2.22. The number of nitrogens with one attached hydrogen (secondary N) is 1. The minimum atomic E-state index is 0.414. The zero-order chi connectivity index (χ0) is 12.5. The summed E-state index contributed by atoms with van der Waals surface area (Å²) in [5.41, 5.74) is 7.72. The molecule has 0 aliphatic heterocycles. The summed E-state index contributed by atoms with van der Waals surface area (Å²) in [5.74, 6) is 1.84. The lowest BCUT2D eigenvalue weighted by molar-refractivity contribution is 1.01. The first-order chi connectivity index (χ1) is 8.79. The molecule has 0 radical (unpaired) electrons. The molecule has 6 nitrogen and oxygen atoms in total. The Morgan fingerprint density at radius 3 is 2.89 bits per heavy atom. The lowest BCUT2D eigenvalue weighted by Crippen LogP contribution is -2.04. The maximum atomic E-state index is 5.95. The van der Waals surface area contributed by atoms with E-state index in [1.54, 1.807) is 4.57 Å². The summed E-state index contributed by atoms with van der Waals surface area (Å²) in [5, 5.41) is 2.97. The highest BCUT2D eigenvalue weighted by atomic mass is 15.2. The van der Waals surface area contributed by atoms with Crippen LogP contribution < -0.4 is 11.1 Å². The number of anilines is 2. The second kappa shape index (κ2) is 3.99. The molecule has 0 fully saturated rings. The van der Waals surface area contributed by atoms with Crippen molar-refractivity contribution in [2.75, 3.05) is 18.1 Å². The van der Waals surface area contributed by atoms with E-state index in [-0.39, 0.29) is 0 Å². The molecule has 1 aromatic carbocycles. The fraction of sp³-hybridized carbons (Fsp3) is 0.0833. The molecule has 2 heterocycles. The Morgan fingerprint density at radius 1 is 1.22 bits per heavy atom. The van der Waals surface area contributed by atoms with Crippen molar-refractivity contribution < 1.29 is 0 Å². The smallest absolute Gasteiger partial charge is 0.207 e. The van der Waals surface area contributed by atoms with E-state index in [0.29, 0.717) is 11.8 Å². The number of nitrogens with zero attached hydrogens (tertiary/aromatic N) is 4. The molecule has 2 aromatic heterocycles. The number of aromatic nitrogens is 4. The first-order valence-electron chi connectivity index (χ1n) is 5.53. The molecule has 3 rings (SSSR count). The Labute approximate surface area is 104 Å². The Balaban J connectivity index is 2.27. The number of rotatable bonds is 2. The van der Waals surface area contributed by atoms with Gasteiger partial charge in [-0.05, 0) is 12.1 Å². The lowest BCUT2D eigenvalue weighted by atomic mass is 10.3. The van der Waals surface area contributed by atoms with Gasteiger partial charge in [0.25, 0.3) is 0 Å². The van der Waals surface area contributed by atoms with Crippen molar-refractivity contribution in [3.05, 3.63) is 36.7 Å². The fourth-order valence-corrected chi connectivity index (χ4v) is 1.89. The summed E-state index contributed by atoms with van der Waals surface area (Å²) in [4.78, 5) is 12.6. The molecule has 0 bridgehead atoms. The monoisotopic (exact) mass is 240 g/mol. The van der Waals surface area contributed by atoms with E-state index in [4.69, 9.17) is 5.73 Å². The number of imidazole rings is 1. The van der Waals surface area contributed by atoms with Crippen LogP contribution in [0.1, 0.15) is 0 Å². The van der Waals surface area contributed by atoms with Crippen LogP contribution >= 0.6 is 0 Å². The topological polar surface area (TPSA) is 81.7 Å². The van der Waals surface area contributed by atoms with E-state index >= 15 is 0 Å². The third-order valence-electron chi connectivity index (χ3n) is 2.72. The van der Waals surface area contributed by atoms with Gasteiger partial charge in [-0.2, -0.15) is 0 Å². The van der Waals surface area contributed by atoms with Crippen LogP contribution in [0.2, 0.25) is 0 Å². The van der Waals surface area contributed by atoms with E-state index in [1.807, 2.05) is 37.4 Å². The number of hydrogen-bond acceptors (Lipinski definition) is 5. The van der Waals surface area contributed by atoms with E-state index in [0.717, 1.165) is 16.9 Å². The van der Waals surface area contributed by atoms with Crippen LogP contribution in [-0.2, 0) is 0 Å². The summed E-state index contributed by atoms with van der Waals surface area (Å²) in [6.07, 6.45) is 1.50. The van der Waals surface area contributed by atoms with Gasteiger partial charge in [-0.1, -0.05) is 12.1 Å². The molecule has 0 amide bonds. The van der Waals surface area contributed by atoms with Crippen molar-refractivity contribution in [2.45, 2.75) is 0 Å². The van der Waals surface area contributed by atoms with E-state index < -0.39 is 0 Å². The summed E-state index contributed by atoms with van der Waals surface area (Å²) in [6, 6.07) is 9.57. The first-order valence-corrected chi connectivity index (χ1v) is 5.53. The molecule has 3 N–H and O–H groups in total. The van der Waals surface area contributed by atoms with Crippen molar-refractivity contribution in [1.29, 1.82) is 0 Å². The minimum Gasteiger partial charge on any atom is -0.373 e. The van der Waals surface area contributed by atoms with Gasteiger partial charge in [-0.3, -0.25) is 4.57 Å². The van der Waals surface area contributed by atoms with Crippen LogP contribution in [0.3, 0.4) is 0 Å². The van der Waals surface area contributed by atoms with Crippen molar-refractivity contribution in [1.82, 2.24) is 19.5 Å². The SMILES string of the molecule is CNc1cc(-n2c(N)nc3ccccc32)ncn1. The third-order valence-corrected chi connectivity index (χ3v) is 2.72. The van der Waals surface area contributed by atoms with E-state index in [9.17, 15) is 0 Å². The van der Waals surface area contributed by atoms with Gasteiger partial charge >= 0.3 is 0 Å². The molecule has 0 aliphatic rings. The molecular weight excluding hydrogens is 228 g/mol. The predicted molar refractivity (Wildman–Crippen MR) is 70.6 cm³/mol. The number of fused-ring (bicyclic) bond motifs is 1. The average molecular weight is 240 g/mol. The Hall–Kier alpha value is -2.63. The maximum Gasteiger partial charge on any atom is 0.207 e. The van der Waals surface area contributed by atoms with Gasteiger partial charge in [0, 0.05) is 13.1 Å². The van der Waals surface area contributed by atoms with Crippen molar-refractivity contribution >= 4 is 22.8 Å². The Bertz CT molecular complexity index is 703. The molecular formula is C12H12N6. The summed E-state index contributed by atoms with van der Waals surface area (Å²) in [6.45, 7) is 0. The number of para-hydroxylation sites is 2. The largest absolute Gasteiger partial charge is 0.373 e. The quantitative estimate of drug-likeness (QED) is 0.708. The maximum absolute atomic E-state index is 5.95. The standard InChI is InChI=1S/C12H12N6/c1-14-10-6-11(16-7-15-10)18-9-5-3-2-4-8(9)17-12(18)13/h2-7H,1H3,(H2,13,17)(H,14,15,16). The zero-order valence-electron chi connectivity index (χ0n) is 9.83. The minimum absolute atomic E-state index is 0.414. The van der Waals surface area contributed by atoms with Crippen LogP contribution in [0.4, 0.5) is 11.8 Å². The van der Waals surface area contributed by atoms with Gasteiger partial charge in [-0.25, -0.2) is 15.0 Å². The number of nitrogen functional groups attached to an aromatic ring is 1. The highest BCUT2D eigenvalue weighted by Gasteiger charge is 2.10. The first kappa shape index (κ1) is 10.5. The number of hydrogen-bond donors (Lipinski definition) is 2. The molecule has 90 valence electrons.